The van der Waals surface area contributed by atoms with Crippen LogP contribution in [0.5, 0.6) is 0 Å². The van der Waals surface area contributed by atoms with Gasteiger partial charge in [0.25, 0.3) is 0 Å². The third-order valence-corrected chi connectivity index (χ3v) is 3.76. The Hall–Kier alpha value is 0.425. The average molecular weight is 264 g/mol. The molecule has 1 radical (unpaired) electrons. The molecular weight excluding hydrogens is 246 g/mol. The maximum Gasteiger partial charge on any atom is 0.521 e. The normalized spacial score (nSPS) is 30.4. The molecule has 1 rings (SSSR count). The zero-order valence-corrected chi connectivity index (χ0v) is 11.4. The van der Waals surface area contributed by atoms with Gasteiger partial charge in [0, 0.05) is 6.00 Å². The summed E-state index contributed by atoms with van der Waals surface area (Å²) in [6.45, 7) is 4.87. The van der Waals surface area contributed by atoms with E-state index in [0.717, 1.165) is 6.42 Å². The Bertz CT molecular complexity index is 232. The Morgan fingerprint density at radius 1 is 1.56 bits per heavy atom. The second kappa shape index (κ2) is 7.69. The summed E-state index contributed by atoms with van der Waals surface area (Å²) in [6, 6.07) is 0.0245. The molecule has 1 heterocycles. The number of ether oxygens (including phenoxy) is 1. The van der Waals surface area contributed by atoms with Crippen LogP contribution in [-0.2, 0) is 25.6 Å². The lowest BCUT2D eigenvalue weighted by Crippen LogP contribution is -2.25. The molecule has 0 spiro atoms. The summed E-state index contributed by atoms with van der Waals surface area (Å²) < 4.78 is 16.2. The highest BCUT2D eigenvalue weighted by Gasteiger charge is 2.34. The highest BCUT2D eigenvalue weighted by atomic mass is 32.4. The number of aliphatic hydroxyl groups excluding tert-OH is 1. The van der Waals surface area contributed by atoms with Crippen LogP contribution in [0.25, 0.3) is 0 Å². The molecule has 0 saturated carbocycles. The van der Waals surface area contributed by atoms with Crippen molar-refractivity contribution in [3.8, 4) is 0 Å². The topological polar surface area (TPSA) is 47.9 Å². The van der Waals surface area contributed by atoms with E-state index in [9.17, 15) is 5.11 Å². The third-order valence-electron chi connectivity index (χ3n) is 2.37. The summed E-state index contributed by atoms with van der Waals surface area (Å²) in [7, 11) is 0.680. The van der Waals surface area contributed by atoms with E-state index in [0.29, 0.717) is 19.6 Å². The molecule has 1 fully saturated rings. The van der Waals surface area contributed by atoms with E-state index in [2.05, 4.69) is 0 Å². The molecule has 4 atom stereocenters. The summed E-state index contributed by atoms with van der Waals surface area (Å²) in [5.41, 5.74) is 0. The third kappa shape index (κ3) is 4.74. The SMILES string of the molecule is C[B]C1C[C@@H](O)[C@@H](CO[P+](=S)OCCC)O1. The van der Waals surface area contributed by atoms with Crippen LogP contribution in [0.2, 0.25) is 6.82 Å². The van der Waals surface area contributed by atoms with Crippen molar-refractivity contribution in [1.82, 2.24) is 0 Å². The van der Waals surface area contributed by atoms with Gasteiger partial charge in [-0.25, -0.2) is 0 Å². The first-order chi connectivity index (χ1) is 7.67. The summed E-state index contributed by atoms with van der Waals surface area (Å²) in [4.78, 5) is 0. The van der Waals surface area contributed by atoms with Crippen molar-refractivity contribution in [3.05, 3.63) is 0 Å². The monoisotopic (exact) mass is 264 g/mol. The Morgan fingerprint density at radius 3 is 2.88 bits per heavy atom. The van der Waals surface area contributed by atoms with E-state index in [4.69, 9.17) is 25.6 Å². The van der Waals surface area contributed by atoms with Gasteiger partial charge < -0.3 is 9.84 Å². The van der Waals surface area contributed by atoms with Gasteiger partial charge in [0.15, 0.2) is 0 Å². The van der Waals surface area contributed by atoms with Crippen molar-refractivity contribution in [2.45, 2.75) is 44.8 Å². The lowest BCUT2D eigenvalue weighted by Gasteiger charge is -2.10. The van der Waals surface area contributed by atoms with E-state index >= 15 is 0 Å². The quantitative estimate of drug-likeness (QED) is 0.556. The molecular formula is C9H18BO4PS+. The van der Waals surface area contributed by atoms with Crippen LogP contribution in [-0.4, -0.2) is 43.8 Å². The second-order valence-electron chi connectivity index (χ2n) is 3.70. The molecule has 0 aromatic heterocycles. The standard InChI is InChI=1S/C9H18BO4PS/c1-3-4-12-15(16)13-6-8-7(11)5-9(10-2)14-8/h7-9,11H,3-6H2,1-2H3/q+1/t7-,8-,9?/m1/s1. The van der Waals surface area contributed by atoms with Crippen molar-refractivity contribution < 1.29 is 18.9 Å². The van der Waals surface area contributed by atoms with Gasteiger partial charge in [-0.05, 0) is 12.8 Å². The molecule has 0 amide bonds. The van der Waals surface area contributed by atoms with E-state index in [-0.39, 0.29) is 12.1 Å². The Morgan fingerprint density at radius 2 is 2.31 bits per heavy atom. The molecule has 16 heavy (non-hydrogen) atoms. The minimum atomic E-state index is -1.26. The Kier molecular flexibility index (Phi) is 6.97. The molecule has 0 aromatic carbocycles. The van der Waals surface area contributed by atoms with Gasteiger partial charge in [0.05, 0.1) is 6.10 Å². The van der Waals surface area contributed by atoms with Crippen LogP contribution >= 0.6 is 7.15 Å². The predicted octanol–water partition coefficient (Wildman–Crippen LogP) is 1.43. The van der Waals surface area contributed by atoms with Crippen molar-refractivity contribution >= 4 is 26.2 Å². The lowest BCUT2D eigenvalue weighted by molar-refractivity contribution is 0.00251. The number of hydrogen-bond acceptors (Lipinski definition) is 5. The Labute approximate surface area is 103 Å². The van der Waals surface area contributed by atoms with Crippen LogP contribution in [0.1, 0.15) is 19.8 Å². The average Bonchev–Trinajstić information content (AvgIpc) is 2.64. The molecule has 0 aromatic rings. The summed E-state index contributed by atoms with van der Waals surface area (Å²) >= 11 is 5.01. The lowest BCUT2D eigenvalue weighted by atomic mass is 9.73. The fraction of sp³-hybridized carbons (Fsp3) is 1.00. The van der Waals surface area contributed by atoms with Crippen LogP contribution in [0.4, 0.5) is 0 Å². The first-order valence-electron chi connectivity index (χ1n) is 5.53. The van der Waals surface area contributed by atoms with E-state index < -0.39 is 13.3 Å². The molecule has 91 valence electrons. The van der Waals surface area contributed by atoms with Crippen molar-refractivity contribution in [2.75, 3.05) is 13.2 Å². The molecule has 1 N–H and O–H groups in total. The number of aliphatic hydroxyl groups is 1. The van der Waals surface area contributed by atoms with Crippen molar-refractivity contribution in [1.29, 1.82) is 0 Å². The molecule has 7 heteroatoms. The highest BCUT2D eigenvalue weighted by Crippen LogP contribution is 2.28. The fourth-order valence-corrected chi connectivity index (χ4v) is 2.54. The maximum absolute atomic E-state index is 9.69. The fourth-order valence-electron chi connectivity index (χ4n) is 1.46. The predicted molar refractivity (Wildman–Crippen MR) is 67.4 cm³/mol. The first-order valence-corrected chi connectivity index (χ1v) is 7.72. The summed E-state index contributed by atoms with van der Waals surface area (Å²) in [5.74, 6) is 0. The first kappa shape index (κ1) is 14.5. The molecule has 4 nitrogen and oxygen atoms in total. The van der Waals surface area contributed by atoms with Gasteiger partial charge in [-0.15, -0.1) is 9.05 Å². The van der Waals surface area contributed by atoms with Crippen LogP contribution < -0.4 is 0 Å². The van der Waals surface area contributed by atoms with E-state index in [1.54, 1.807) is 0 Å². The molecule has 1 saturated heterocycles. The van der Waals surface area contributed by atoms with Gasteiger partial charge in [0.2, 0.25) is 11.8 Å². The number of hydrogen-bond donors (Lipinski definition) is 1. The number of rotatable bonds is 7. The van der Waals surface area contributed by atoms with E-state index in [1.807, 2.05) is 21.0 Å². The second-order valence-corrected chi connectivity index (χ2v) is 5.56. The maximum atomic E-state index is 9.69. The minimum absolute atomic E-state index is 0.0245. The zero-order chi connectivity index (χ0) is 12.0. The summed E-state index contributed by atoms with van der Waals surface area (Å²) in [5, 5.41) is 9.69. The Balaban J connectivity index is 2.20. The van der Waals surface area contributed by atoms with Crippen LogP contribution in [0.3, 0.4) is 0 Å². The smallest absolute Gasteiger partial charge is 0.390 e. The van der Waals surface area contributed by atoms with Crippen molar-refractivity contribution in [3.63, 3.8) is 0 Å². The van der Waals surface area contributed by atoms with Gasteiger partial charge in [0.1, 0.15) is 26.6 Å². The summed E-state index contributed by atoms with van der Waals surface area (Å²) in [6.07, 6.45) is 0.814. The minimum Gasteiger partial charge on any atom is -0.390 e. The largest absolute Gasteiger partial charge is 0.521 e. The molecule has 2 unspecified atom stereocenters. The van der Waals surface area contributed by atoms with Gasteiger partial charge >= 0.3 is 7.15 Å². The van der Waals surface area contributed by atoms with Gasteiger partial charge in [-0.3, -0.25) is 0 Å². The van der Waals surface area contributed by atoms with E-state index in [1.165, 1.54) is 0 Å². The zero-order valence-electron chi connectivity index (χ0n) is 9.67. The molecule has 0 bridgehead atoms. The molecule has 1 aliphatic rings. The highest BCUT2D eigenvalue weighted by molar-refractivity contribution is 8.00. The van der Waals surface area contributed by atoms with Crippen LogP contribution in [0, 0.1) is 0 Å². The van der Waals surface area contributed by atoms with Crippen molar-refractivity contribution in [2.24, 2.45) is 0 Å². The van der Waals surface area contributed by atoms with Crippen LogP contribution in [0.15, 0.2) is 0 Å². The van der Waals surface area contributed by atoms with Gasteiger partial charge in [-0.1, -0.05) is 13.7 Å². The molecule has 0 aliphatic carbocycles. The molecule has 1 aliphatic heterocycles. The van der Waals surface area contributed by atoms with Gasteiger partial charge in [-0.2, -0.15) is 0 Å².